The number of hydrogen-bond acceptors (Lipinski definition) is 6. The molecule has 3 atom stereocenters. The molecule has 0 bridgehead atoms. The van der Waals surface area contributed by atoms with Crippen LogP contribution in [0.3, 0.4) is 0 Å². The minimum absolute atomic E-state index is 0.150. The quantitative estimate of drug-likeness (QED) is 0.795. The summed E-state index contributed by atoms with van der Waals surface area (Å²) in [5.74, 6) is -1.71. The summed E-state index contributed by atoms with van der Waals surface area (Å²) in [6.07, 6.45) is 5.03. The predicted octanol–water partition coefficient (Wildman–Crippen LogP) is 1.94. The predicted molar refractivity (Wildman–Crippen MR) is 79.9 cm³/mol. The molecular formula is C17H13N5O. The first-order valence-electron chi connectivity index (χ1n) is 7.18. The van der Waals surface area contributed by atoms with Crippen molar-refractivity contribution in [3.8, 4) is 18.2 Å². The van der Waals surface area contributed by atoms with E-state index >= 15 is 0 Å². The highest BCUT2D eigenvalue weighted by Gasteiger charge is 2.57. The van der Waals surface area contributed by atoms with Crippen LogP contribution in [0.1, 0.15) is 11.5 Å². The van der Waals surface area contributed by atoms with Gasteiger partial charge in [0.1, 0.15) is 5.92 Å². The van der Waals surface area contributed by atoms with Gasteiger partial charge in [0.2, 0.25) is 0 Å². The van der Waals surface area contributed by atoms with Crippen LogP contribution in [0.2, 0.25) is 0 Å². The molecule has 1 fully saturated rings. The van der Waals surface area contributed by atoms with Crippen molar-refractivity contribution < 1.29 is 4.74 Å². The summed E-state index contributed by atoms with van der Waals surface area (Å²) in [5.41, 5.74) is -0.355. The molecule has 1 saturated carbocycles. The minimum Gasteiger partial charge on any atom is -0.377 e. The molecule has 1 aliphatic heterocycles. The first-order valence-corrected chi connectivity index (χ1v) is 7.18. The van der Waals surface area contributed by atoms with Crippen molar-refractivity contribution in [2.45, 2.75) is 5.92 Å². The molecule has 1 aliphatic carbocycles. The second kappa shape index (κ2) is 5.65. The van der Waals surface area contributed by atoms with Gasteiger partial charge in [-0.25, -0.2) is 0 Å². The Hall–Kier alpha value is -3.01. The van der Waals surface area contributed by atoms with Crippen LogP contribution in [0.4, 0.5) is 0 Å². The molecule has 6 nitrogen and oxygen atoms in total. The van der Waals surface area contributed by atoms with E-state index in [0.29, 0.717) is 18.8 Å². The molecule has 1 aromatic heterocycles. The Morgan fingerprint density at radius 1 is 1.30 bits per heavy atom. The first kappa shape index (κ1) is 14.9. The Bertz CT molecular complexity index is 779. The normalized spacial score (nSPS) is 28.5. The van der Waals surface area contributed by atoms with E-state index < -0.39 is 17.3 Å². The maximum atomic E-state index is 9.74. The van der Waals surface area contributed by atoms with Crippen molar-refractivity contribution in [2.24, 2.45) is 17.3 Å². The maximum absolute atomic E-state index is 9.74. The van der Waals surface area contributed by atoms with Crippen LogP contribution >= 0.6 is 0 Å². The molecule has 23 heavy (non-hydrogen) atoms. The van der Waals surface area contributed by atoms with Gasteiger partial charge < -0.3 is 10.1 Å². The van der Waals surface area contributed by atoms with Crippen LogP contribution in [0.5, 0.6) is 0 Å². The van der Waals surface area contributed by atoms with Gasteiger partial charge in [-0.3, -0.25) is 4.98 Å². The van der Waals surface area contributed by atoms with Crippen LogP contribution in [-0.2, 0) is 4.74 Å². The summed E-state index contributed by atoms with van der Waals surface area (Å²) in [4.78, 5) is 4.08. The molecule has 1 N–H and O–H groups in total. The Balaban J connectivity index is 2.26. The number of hydrogen-bond donors (Lipinski definition) is 1. The summed E-state index contributed by atoms with van der Waals surface area (Å²) in [6.45, 7) is 0.700. The molecule has 0 aromatic carbocycles. The Morgan fingerprint density at radius 2 is 2.09 bits per heavy atom. The third-order valence-corrected chi connectivity index (χ3v) is 4.60. The molecular weight excluding hydrogens is 290 g/mol. The van der Waals surface area contributed by atoms with Crippen molar-refractivity contribution in [3.63, 3.8) is 0 Å². The zero-order valence-corrected chi connectivity index (χ0v) is 12.2. The van der Waals surface area contributed by atoms with Gasteiger partial charge in [-0.2, -0.15) is 15.8 Å². The van der Waals surface area contributed by atoms with Gasteiger partial charge in [0.25, 0.3) is 0 Å². The molecule has 0 radical (unpaired) electrons. The zero-order chi connectivity index (χ0) is 16.4. The number of aromatic nitrogens is 1. The molecule has 2 heterocycles. The Labute approximate surface area is 133 Å². The van der Waals surface area contributed by atoms with Crippen LogP contribution in [0.15, 0.2) is 36.2 Å². The summed E-state index contributed by atoms with van der Waals surface area (Å²) in [6, 6.07) is 9.65. The van der Waals surface area contributed by atoms with Crippen molar-refractivity contribution in [1.29, 1.82) is 21.2 Å². The summed E-state index contributed by atoms with van der Waals surface area (Å²) >= 11 is 0. The van der Waals surface area contributed by atoms with Gasteiger partial charge in [0.15, 0.2) is 5.41 Å². The number of fused-ring (bicyclic) bond motifs is 1. The summed E-state index contributed by atoms with van der Waals surface area (Å²) in [7, 11) is 0. The van der Waals surface area contributed by atoms with Crippen LogP contribution in [0, 0.1) is 56.7 Å². The third kappa shape index (κ3) is 2.03. The molecule has 0 spiro atoms. The second-order valence-electron chi connectivity index (χ2n) is 5.62. The third-order valence-electron chi connectivity index (χ3n) is 4.60. The molecule has 2 aliphatic rings. The molecule has 1 aromatic rings. The molecule has 0 unspecified atom stereocenters. The number of pyridine rings is 1. The summed E-state index contributed by atoms with van der Waals surface area (Å²) < 4.78 is 5.51. The average molecular weight is 303 g/mol. The van der Waals surface area contributed by atoms with Crippen molar-refractivity contribution in [2.75, 3.05) is 13.2 Å². The number of nitriles is 3. The smallest absolute Gasteiger partial charge is 0.189 e. The van der Waals surface area contributed by atoms with Gasteiger partial charge in [-0.15, -0.1) is 0 Å². The van der Waals surface area contributed by atoms with E-state index in [4.69, 9.17) is 10.1 Å². The van der Waals surface area contributed by atoms with Gasteiger partial charge in [-0.05, 0) is 17.2 Å². The molecule has 6 heteroatoms. The fourth-order valence-corrected chi connectivity index (χ4v) is 3.55. The lowest BCUT2D eigenvalue weighted by Gasteiger charge is -2.45. The van der Waals surface area contributed by atoms with Crippen LogP contribution < -0.4 is 0 Å². The topological polar surface area (TPSA) is 117 Å². The number of nitrogens with zero attached hydrogens (tertiary/aromatic N) is 4. The number of nitrogens with one attached hydrogen (secondary N) is 1. The standard InChI is InChI=1S/C17H13N5O/c18-6-13-12-3-5-23-8-14(12)15(11-2-1-4-22-7-11)17(9-19,10-20)16(13)21/h1-4,7,13-15,21H,5,8H2/t13-,14+,15-/m0/s1. The van der Waals surface area contributed by atoms with E-state index in [1.807, 2.05) is 12.1 Å². The average Bonchev–Trinajstić information content (AvgIpc) is 2.61. The van der Waals surface area contributed by atoms with E-state index in [2.05, 4.69) is 11.1 Å². The van der Waals surface area contributed by atoms with Gasteiger partial charge in [-0.1, -0.05) is 12.1 Å². The molecule has 112 valence electrons. The van der Waals surface area contributed by atoms with E-state index in [1.54, 1.807) is 30.6 Å². The van der Waals surface area contributed by atoms with Gasteiger partial charge >= 0.3 is 0 Å². The fraction of sp³-hybridized carbons (Fsp3) is 0.353. The van der Waals surface area contributed by atoms with E-state index in [0.717, 1.165) is 5.57 Å². The SMILES string of the molecule is N#C[C@@H]1C(=N)C(C#N)(C#N)[C@@H](c2cccnc2)[C@@H]2COCC=C12. The minimum atomic E-state index is -1.69. The molecule has 3 rings (SSSR count). The Morgan fingerprint density at radius 3 is 2.70 bits per heavy atom. The van der Waals surface area contributed by atoms with Crippen molar-refractivity contribution in [1.82, 2.24) is 4.98 Å². The van der Waals surface area contributed by atoms with Crippen molar-refractivity contribution >= 4 is 5.71 Å². The van der Waals surface area contributed by atoms with Crippen LogP contribution in [0.25, 0.3) is 0 Å². The monoisotopic (exact) mass is 303 g/mol. The van der Waals surface area contributed by atoms with E-state index in [-0.39, 0.29) is 11.6 Å². The first-order chi connectivity index (χ1) is 11.2. The lowest BCUT2D eigenvalue weighted by molar-refractivity contribution is 0.0949. The highest BCUT2D eigenvalue weighted by atomic mass is 16.5. The van der Waals surface area contributed by atoms with E-state index in [9.17, 15) is 15.8 Å². The highest BCUT2D eigenvalue weighted by molar-refractivity contribution is 6.00. The zero-order valence-electron chi connectivity index (χ0n) is 12.2. The highest BCUT2D eigenvalue weighted by Crippen LogP contribution is 2.52. The number of ether oxygens (including phenoxy) is 1. The second-order valence-corrected chi connectivity index (χ2v) is 5.62. The largest absolute Gasteiger partial charge is 0.377 e. The van der Waals surface area contributed by atoms with Crippen LogP contribution in [-0.4, -0.2) is 23.9 Å². The fourth-order valence-electron chi connectivity index (χ4n) is 3.55. The number of rotatable bonds is 1. The molecule has 0 saturated heterocycles. The lowest BCUT2D eigenvalue weighted by Crippen LogP contribution is -2.50. The summed E-state index contributed by atoms with van der Waals surface area (Å²) in [5, 5.41) is 37.3. The van der Waals surface area contributed by atoms with Crippen molar-refractivity contribution in [3.05, 3.63) is 41.7 Å². The van der Waals surface area contributed by atoms with E-state index in [1.165, 1.54) is 0 Å². The lowest BCUT2D eigenvalue weighted by atomic mass is 9.55. The Kier molecular flexibility index (Phi) is 3.66. The maximum Gasteiger partial charge on any atom is 0.189 e. The molecule has 0 amide bonds. The van der Waals surface area contributed by atoms with Gasteiger partial charge in [0.05, 0.1) is 37.1 Å². The van der Waals surface area contributed by atoms with Gasteiger partial charge in [0, 0.05) is 24.2 Å².